The van der Waals surface area contributed by atoms with Crippen LogP contribution in [-0.2, 0) is 16.1 Å². The molecule has 1 aliphatic heterocycles. The summed E-state index contributed by atoms with van der Waals surface area (Å²) < 4.78 is 5.33. The molecule has 0 bridgehead atoms. The number of hydrogen-bond acceptors (Lipinski definition) is 3. The van der Waals surface area contributed by atoms with Gasteiger partial charge in [-0.3, -0.25) is 9.69 Å². The Balaban J connectivity index is 2.03. The minimum atomic E-state index is -0.421. The molecule has 1 atom stereocenters. The predicted octanol–water partition coefficient (Wildman–Crippen LogP) is 3.10. The van der Waals surface area contributed by atoms with E-state index in [1.54, 1.807) is 11.0 Å². The van der Waals surface area contributed by atoms with Crippen LogP contribution in [0.15, 0.2) is 54.6 Å². The van der Waals surface area contributed by atoms with Crippen molar-refractivity contribution in [3.8, 4) is 0 Å². The maximum atomic E-state index is 12.2. The summed E-state index contributed by atoms with van der Waals surface area (Å²) in [6, 6.07) is 9.10. The lowest BCUT2D eigenvalue weighted by atomic mass is 9.97. The van der Waals surface area contributed by atoms with Crippen molar-refractivity contribution in [2.75, 3.05) is 6.54 Å². The van der Waals surface area contributed by atoms with Crippen LogP contribution >= 0.6 is 0 Å². The lowest BCUT2D eigenvalue weighted by Gasteiger charge is -2.32. The van der Waals surface area contributed by atoms with Gasteiger partial charge in [0.1, 0.15) is 6.61 Å². The molecule has 0 radical (unpaired) electrons. The number of ether oxygens (including phenoxy) is 1. The van der Waals surface area contributed by atoms with Crippen molar-refractivity contribution in [1.29, 1.82) is 0 Å². The third-order valence-electron chi connectivity index (χ3n) is 3.46. The van der Waals surface area contributed by atoms with E-state index in [9.17, 15) is 9.59 Å². The number of nitrogens with zero attached hydrogens (tertiary/aromatic N) is 1. The van der Waals surface area contributed by atoms with Gasteiger partial charge >= 0.3 is 6.09 Å². The maximum Gasteiger partial charge on any atom is 0.410 e. The second kappa shape index (κ2) is 6.88. The lowest BCUT2D eigenvalue weighted by Crippen LogP contribution is -2.44. The normalized spacial score (nSPS) is 17.9. The molecule has 0 spiro atoms. The Bertz CT molecular complexity index is 563. The Kier molecular flexibility index (Phi) is 4.93. The molecule has 1 aromatic carbocycles. The minimum Gasteiger partial charge on any atom is -0.445 e. The molecule has 21 heavy (non-hydrogen) atoms. The summed E-state index contributed by atoms with van der Waals surface area (Å²) in [7, 11) is 0. The van der Waals surface area contributed by atoms with E-state index in [0.29, 0.717) is 18.5 Å². The number of rotatable bonds is 4. The number of benzene rings is 1. The largest absolute Gasteiger partial charge is 0.445 e. The molecule has 1 amide bonds. The van der Waals surface area contributed by atoms with E-state index in [1.807, 2.05) is 36.4 Å². The van der Waals surface area contributed by atoms with Crippen LogP contribution < -0.4 is 0 Å². The van der Waals surface area contributed by atoms with Crippen molar-refractivity contribution in [3.05, 3.63) is 60.2 Å². The molecule has 1 heterocycles. The highest BCUT2D eigenvalue weighted by molar-refractivity contribution is 5.95. The van der Waals surface area contributed by atoms with Crippen LogP contribution in [0.25, 0.3) is 0 Å². The van der Waals surface area contributed by atoms with Crippen molar-refractivity contribution >= 4 is 11.9 Å². The third-order valence-corrected chi connectivity index (χ3v) is 3.46. The average Bonchev–Trinajstić information content (AvgIpc) is 2.52. The van der Waals surface area contributed by atoms with Gasteiger partial charge < -0.3 is 4.74 Å². The monoisotopic (exact) mass is 285 g/mol. The highest BCUT2D eigenvalue weighted by Gasteiger charge is 2.30. The molecule has 110 valence electrons. The van der Waals surface area contributed by atoms with Crippen LogP contribution in [0.2, 0.25) is 0 Å². The number of ketones is 1. The van der Waals surface area contributed by atoms with Crippen molar-refractivity contribution in [3.63, 3.8) is 0 Å². The SMILES string of the molecule is C=CC1C(C(C)=O)=CCCN1C(=O)OCc1ccccc1. The molecule has 0 aliphatic carbocycles. The van der Waals surface area contributed by atoms with Gasteiger partial charge in [0.2, 0.25) is 0 Å². The summed E-state index contributed by atoms with van der Waals surface area (Å²) in [4.78, 5) is 25.4. The van der Waals surface area contributed by atoms with Crippen LogP contribution in [0.3, 0.4) is 0 Å². The molecule has 0 saturated carbocycles. The first-order valence-corrected chi connectivity index (χ1v) is 6.94. The van der Waals surface area contributed by atoms with E-state index in [2.05, 4.69) is 6.58 Å². The van der Waals surface area contributed by atoms with Gasteiger partial charge in [0.05, 0.1) is 6.04 Å². The van der Waals surface area contributed by atoms with Crippen molar-refractivity contribution in [2.45, 2.75) is 26.0 Å². The molecule has 1 unspecified atom stereocenters. The van der Waals surface area contributed by atoms with Gasteiger partial charge in [0.25, 0.3) is 0 Å². The Hall–Kier alpha value is -2.36. The number of hydrogen-bond donors (Lipinski definition) is 0. The zero-order valence-electron chi connectivity index (χ0n) is 12.1. The molecule has 0 N–H and O–H groups in total. The first kappa shape index (κ1) is 15.0. The van der Waals surface area contributed by atoms with Crippen LogP contribution in [0.1, 0.15) is 18.9 Å². The van der Waals surface area contributed by atoms with Crippen LogP contribution in [0, 0.1) is 0 Å². The maximum absolute atomic E-state index is 12.2. The summed E-state index contributed by atoms with van der Waals surface area (Å²) in [5, 5.41) is 0. The van der Waals surface area contributed by atoms with E-state index in [4.69, 9.17) is 4.74 Å². The molecule has 0 aromatic heterocycles. The first-order chi connectivity index (χ1) is 10.1. The Labute approximate surface area is 124 Å². The molecular weight excluding hydrogens is 266 g/mol. The topological polar surface area (TPSA) is 46.6 Å². The van der Waals surface area contributed by atoms with Crippen molar-refractivity contribution < 1.29 is 14.3 Å². The Morgan fingerprint density at radius 2 is 2.10 bits per heavy atom. The van der Waals surface area contributed by atoms with Gasteiger partial charge in [-0.1, -0.05) is 42.5 Å². The van der Waals surface area contributed by atoms with E-state index in [0.717, 1.165) is 5.56 Å². The molecule has 0 fully saturated rings. The van der Waals surface area contributed by atoms with E-state index in [1.165, 1.54) is 6.92 Å². The van der Waals surface area contributed by atoms with Gasteiger partial charge in [-0.2, -0.15) is 0 Å². The molecule has 4 heteroatoms. The quantitative estimate of drug-likeness (QED) is 0.799. The molecule has 1 aromatic rings. The number of Topliss-reactive ketones (excluding diaryl/α,β-unsaturated/α-hetero) is 1. The summed E-state index contributed by atoms with van der Waals surface area (Å²) in [6.45, 7) is 5.98. The first-order valence-electron chi connectivity index (χ1n) is 6.94. The summed E-state index contributed by atoms with van der Waals surface area (Å²) >= 11 is 0. The van der Waals surface area contributed by atoms with Crippen molar-refractivity contribution in [2.24, 2.45) is 0 Å². The Morgan fingerprint density at radius 3 is 2.71 bits per heavy atom. The predicted molar refractivity (Wildman–Crippen MR) is 80.7 cm³/mol. The van der Waals surface area contributed by atoms with Gasteiger partial charge in [-0.05, 0) is 18.9 Å². The fraction of sp³-hybridized carbons (Fsp3) is 0.294. The van der Waals surface area contributed by atoms with E-state index in [-0.39, 0.29) is 12.4 Å². The summed E-state index contributed by atoms with van der Waals surface area (Å²) in [6.07, 6.45) is 3.71. The highest BCUT2D eigenvalue weighted by Crippen LogP contribution is 2.21. The fourth-order valence-corrected chi connectivity index (χ4v) is 2.40. The Morgan fingerprint density at radius 1 is 1.38 bits per heavy atom. The average molecular weight is 285 g/mol. The zero-order valence-corrected chi connectivity index (χ0v) is 12.1. The van der Waals surface area contributed by atoms with Crippen molar-refractivity contribution in [1.82, 2.24) is 4.90 Å². The van der Waals surface area contributed by atoms with Crippen LogP contribution in [0.4, 0.5) is 4.79 Å². The zero-order chi connectivity index (χ0) is 15.2. The van der Waals surface area contributed by atoms with Crippen LogP contribution in [0.5, 0.6) is 0 Å². The van der Waals surface area contributed by atoms with E-state index >= 15 is 0 Å². The van der Waals surface area contributed by atoms with Gasteiger partial charge in [-0.25, -0.2) is 4.79 Å². The number of carbonyl (C=O) groups is 2. The van der Waals surface area contributed by atoms with Gasteiger partial charge in [-0.15, -0.1) is 6.58 Å². The molecule has 4 nitrogen and oxygen atoms in total. The standard InChI is InChI=1S/C17H19NO3/c1-3-16-15(13(2)19)10-7-11-18(16)17(20)21-12-14-8-5-4-6-9-14/h3-6,8-10,16H,1,7,11-12H2,2H3. The van der Waals surface area contributed by atoms with E-state index < -0.39 is 12.1 Å². The fourth-order valence-electron chi connectivity index (χ4n) is 2.40. The second-order valence-electron chi connectivity index (χ2n) is 4.92. The number of carbonyl (C=O) groups excluding carboxylic acids is 2. The summed E-state index contributed by atoms with van der Waals surface area (Å²) in [5.74, 6) is -0.0412. The smallest absolute Gasteiger partial charge is 0.410 e. The van der Waals surface area contributed by atoms with Crippen LogP contribution in [-0.4, -0.2) is 29.4 Å². The molecule has 2 rings (SSSR count). The highest BCUT2D eigenvalue weighted by atomic mass is 16.6. The van der Waals surface area contributed by atoms with Gasteiger partial charge in [0, 0.05) is 12.1 Å². The summed E-state index contributed by atoms with van der Waals surface area (Å²) in [5.41, 5.74) is 1.54. The molecular formula is C17H19NO3. The van der Waals surface area contributed by atoms with Gasteiger partial charge in [0.15, 0.2) is 5.78 Å². The molecule has 1 aliphatic rings. The minimum absolute atomic E-state index is 0.0412. The third kappa shape index (κ3) is 3.60. The number of amides is 1. The second-order valence-corrected chi connectivity index (χ2v) is 4.92. The molecule has 0 saturated heterocycles. The lowest BCUT2D eigenvalue weighted by molar-refractivity contribution is -0.114.